The number of furan rings is 1. The standard InChI is InChI=1S/C25H23N3O4/c1-31-23-15-19-18-9-5-6-10-21(18)32-22(19)16-20(23)26-25(30)28-13-11-27(12-14-28)24(29)17-7-3-2-4-8-17/h2-10,15-16H,11-14H2,1H3,(H,26,30). The van der Waals surface area contributed by atoms with Gasteiger partial charge in [-0.15, -0.1) is 0 Å². The summed E-state index contributed by atoms with van der Waals surface area (Å²) in [6.07, 6.45) is 0. The highest BCUT2D eigenvalue weighted by atomic mass is 16.5. The molecule has 0 spiro atoms. The first kappa shape index (κ1) is 19.9. The van der Waals surface area contributed by atoms with E-state index in [1.165, 1.54) is 0 Å². The van der Waals surface area contributed by atoms with E-state index in [4.69, 9.17) is 9.15 Å². The van der Waals surface area contributed by atoms with E-state index in [-0.39, 0.29) is 11.9 Å². The number of rotatable bonds is 3. The monoisotopic (exact) mass is 429 g/mol. The molecule has 7 nitrogen and oxygen atoms in total. The number of methoxy groups -OCH3 is 1. The maximum atomic E-state index is 12.9. The van der Waals surface area contributed by atoms with Crippen molar-refractivity contribution in [2.75, 3.05) is 38.6 Å². The van der Waals surface area contributed by atoms with Crippen LogP contribution < -0.4 is 10.1 Å². The summed E-state index contributed by atoms with van der Waals surface area (Å²) >= 11 is 0. The Bertz CT molecular complexity index is 1290. The molecule has 4 aromatic rings. The van der Waals surface area contributed by atoms with Crippen LogP contribution in [0.15, 0.2) is 71.1 Å². The van der Waals surface area contributed by atoms with E-state index >= 15 is 0 Å². The summed E-state index contributed by atoms with van der Waals surface area (Å²) in [6, 6.07) is 20.4. The summed E-state index contributed by atoms with van der Waals surface area (Å²) in [5.41, 5.74) is 2.67. The molecule has 3 amide bonds. The zero-order valence-electron chi connectivity index (χ0n) is 17.7. The Kier molecular flexibility index (Phi) is 5.15. The molecule has 2 heterocycles. The zero-order valence-corrected chi connectivity index (χ0v) is 17.7. The normalized spacial score (nSPS) is 14.0. The van der Waals surface area contributed by atoms with Crippen LogP contribution in [0.4, 0.5) is 10.5 Å². The van der Waals surface area contributed by atoms with Gasteiger partial charge in [0, 0.05) is 48.6 Å². The van der Waals surface area contributed by atoms with E-state index in [2.05, 4.69) is 5.32 Å². The summed E-state index contributed by atoms with van der Waals surface area (Å²) in [5.74, 6) is 0.554. The Morgan fingerprint density at radius 1 is 0.844 bits per heavy atom. The number of para-hydroxylation sites is 1. The fourth-order valence-electron chi connectivity index (χ4n) is 4.09. The van der Waals surface area contributed by atoms with E-state index < -0.39 is 0 Å². The number of hydrogen-bond acceptors (Lipinski definition) is 4. The number of ether oxygens (including phenoxy) is 1. The molecule has 1 aliphatic heterocycles. The molecular formula is C25H23N3O4. The van der Waals surface area contributed by atoms with Crippen molar-refractivity contribution in [2.45, 2.75) is 0 Å². The molecule has 1 aliphatic rings. The summed E-state index contributed by atoms with van der Waals surface area (Å²) in [5, 5.41) is 4.87. The molecular weight excluding hydrogens is 406 g/mol. The number of hydrogen-bond donors (Lipinski definition) is 1. The van der Waals surface area contributed by atoms with Crippen LogP contribution in [0.5, 0.6) is 5.75 Å². The molecule has 3 aromatic carbocycles. The topological polar surface area (TPSA) is 75.0 Å². The molecule has 32 heavy (non-hydrogen) atoms. The maximum Gasteiger partial charge on any atom is 0.322 e. The number of benzene rings is 3. The second-order valence-electron chi connectivity index (χ2n) is 7.72. The van der Waals surface area contributed by atoms with Gasteiger partial charge in [0.25, 0.3) is 5.91 Å². The second kappa shape index (κ2) is 8.26. The SMILES string of the molecule is COc1cc2c(cc1NC(=O)N1CCN(C(=O)c3ccccc3)CC1)oc1ccccc12. The Morgan fingerprint density at radius 3 is 2.28 bits per heavy atom. The number of nitrogens with one attached hydrogen (secondary N) is 1. The first-order valence-electron chi connectivity index (χ1n) is 10.5. The fourth-order valence-corrected chi connectivity index (χ4v) is 4.09. The van der Waals surface area contributed by atoms with Gasteiger partial charge in [-0.25, -0.2) is 4.79 Å². The lowest BCUT2D eigenvalue weighted by molar-refractivity contribution is 0.0671. The van der Waals surface area contributed by atoms with Gasteiger partial charge in [0.05, 0.1) is 12.8 Å². The molecule has 1 fully saturated rings. The van der Waals surface area contributed by atoms with E-state index in [1.54, 1.807) is 23.0 Å². The van der Waals surface area contributed by atoms with Gasteiger partial charge in [0.1, 0.15) is 16.9 Å². The number of carbonyl (C=O) groups excluding carboxylic acids is 2. The Labute approximate surface area is 185 Å². The number of piperazine rings is 1. The van der Waals surface area contributed by atoms with Crippen LogP contribution in [0.25, 0.3) is 21.9 Å². The van der Waals surface area contributed by atoms with Crippen molar-refractivity contribution in [2.24, 2.45) is 0 Å². The largest absolute Gasteiger partial charge is 0.495 e. The van der Waals surface area contributed by atoms with E-state index in [0.717, 1.165) is 16.4 Å². The first-order chi connectivity index (χ1) is 15.6. The lowest BCUT2D eigenvalue weighted by atomic mass is 10.1. The molecule has 0 atom stereocenters. The van der Waals surface area contributed by atoms with Crippen molar-refractivity contribution in [1.82, 2.24) is 9.80 Å². The average molecular weight is 429 g/mol. The molecule has 1 saturated heterocycles. The Morgan fingerprint density at radius 2 is 1.53 bits per heavy atom. The van der Waals surface area contributed by atoms with Crippen molar-refractivity contribution in [1.29, 1.82) is 0 Å². The molecule has 0 bridgehead atoms. The molecule has 0 saturated carbocycles. The van der Waals surface area contributed by atoms with Crippen LogP contribution in [-0.2, 0) is 0 Å². The number of urea groups is 1. The number of fused-ring (bicyclic) bond motifs is 3. The van der Waals surface area contributed by atoms with Crippen LogP contribution in [0.1, 0.15) is 10.4 Å². The van der Waals surface area contributed by atoms with Crippen LogP contribution in [-0.4, -0.2) is 55.0 Å². The smallest absolute Gasteiger partial charge is 0.322 e. The number of amides is 3. The van der Waals surface area contributed by atoms with Gasteiger partial charge in [-0.05, 0) is 24.3 Å². The third-order valence-electron chi connectivity index (χ3n) is 5.82. The van der Waals surface area contributed by atoms with E-state index in [1.807, 2.05) is 60.7 Å². The minimum Gasteiger partial charge on any atom is -0.495 e. The average Bonchev–Trinajstić information content (AvgIpc) is 3.21. The van der Waals surface area contributed by atoms with Crippen LogP contribution in [0, 0.1) is 0 Å². The highest BCUT2D eigenvalue weighted by Crippen LogP contribution is 2.36. The lowest BCUT2D eigenvalue weighted by Gasteiger charge is -2.34. The molecule has 1 N–H and O–H groups in total. The van der Waals surface area contributed by atoms with Crippen LogP contribution in [0.2, 0.25) is 0 Å². The van der Waals surface area contributed by atoms with Gasteiger partial charge in [-0.2, -0.15) is 0 Å². The zero-order chi connectivity index (χ0) is 22.1. The predicted octanol–water partition coefficient (Wildman–Crippen LogP) is 4.58. The molecule has 0 radical (unpaired) electrons. The fraction of sp³-hybridized carbons (Fsp3) is 0.200. The van der Waals surface area contributed by atoms with Crippen molar-refractivity contribution >= 4 is 39.6 Å². The summed E-state index contributed by atoms with van der Waals surface area (Å²) in [6.45, 7) is 1.89. The summed E-state index contributed by atoms with van der Waals surface area (Å²) in [7, 11) is 1.58. The van der Waals surface area contributed by atoms with Crippen molar-refractivity contribution in [3.8, 4) is 5.75 Å². The maximum absolute atomic E-state index is 12.9. The minimum atomic E-state index is -0.231. The van der Waals surface area contributed by atoms with Gasteiger partial charge in [-0.3, -0.25) is 4.79 Å². The van der Waals surface area contributed by atoms with Gasteiger partial charge >= 0.3 is 6.03 Å². The van der Waals surface area contributed by atoms with Gasteiger partial charge in [0.15, 0.2) is 0 Å². The lowest BCUT2D eigenvalue weighted by Crippen LogP contribution is -2.51. The third-order valence-corrected chi connectivity index (χ3v) is 5.82. The second-order valence-corrected chi connectivity index (χ2v) is 7.72. The molecule has 7 heteroatoms. The number of carbonyl (C=O) groups is 2. The van der Waals surface area contributed by atoms with E-state index in [0.29, 0.717) is 48.8 Å². The summed E-state index contributed by atoms with van der Waals surface area (Å²) < 4.78 is 11.5. The molecule has 0 aliphatic carbocycles. The van der Waals surface area contributed by atoms with Gasteiger partial charge in [0.2, 0.25) is 0 Å². The Hall–Kier alpha value is -4.00. The third kappa shape index (κ3) is 3.62. The first-order valence-corrected chi connectivity index (χ1v) is 10.5. The van der Waals surface area contributed by atoms with Crippen molar-refractivity contribution in [3.05, 3.63) is 72.3 Å². The Balaban J connectivity index is 1.30. The number of nitrogens with zero attached hydrogens (tertiary/aromatic N) is 2. The highest BCUT2D eigenvalue weighted by molar-refractivity contribution is 6.07. The number of anilines is 1. The van der Waals surface area contributed by atoms with Crippen molar-refractivity contribution in [3.63, 3.8) is 0 Å². The summed E-state index contributed by atoms with van der Waals surface area (Å²) in [4.78, 5) is 29.0. The van der Waals surface area contributed by atoms with Crippen LogP contribution >= 0.6 is 0 Å². The van der Waals surface area contributed by atoms with Crippen molar-refractivity contribution < 1.29 is 18.7 Å². The molecule has 0 unspecified atom stereocenters. The molecule has 1 aromatic heterocycles. The molecule has 5 rings (SSSR count). The van der Waals surface area contributed by atoms with Crippen LogP contribution in [0.3, 0.4) is 0 Å². The minimum absolute atomic E-state index is 0.0114. The molecule has 162 valence electrons. The predicted molar refractivity (Wildman–Crippen MR) is 123 cm³/mol. The quantitative estimate of drug-likeness (QED) is 0.517. The van der Waals surface area contributed by atoms with Gasteiger partial charge in [-0.1, -0.05) is 36.4 Å². The van der Waals surface area contributed by atoms with E-state index in [9.17, 15) is 9.59 Å². The van der Waals surface area contributed by atoms with Gasteiger partial charge < -0.3 is 24.3 Å². The highest BCUT2D eigenvalue weighted by Gasteiger charge is 2.25.